The second-order valence-corrected chi connectivity index (χ2v) is 4.97. The molecule has 0 fully saturated rings. The van der Waals surface area contributed by atoms with E-state index in [2.05, 4.69) is 27.4 Å². The van der Waals surface area contributed by atoms with E-state index in [1.165, 1.54) is 6.42 Å². The zero-order valence-electron chi connectivity index (χ0n) is 9.39. The lowest BCUT2D eigenvalue weighted by atomic mass is 10.2. The molecule has 17 heavy (non-hydrogen) atoms. The number of nitrogens with one attached hydrogen (secondary N) is 1. The van der Waals surface area contributed by atoms with Crippen molar-refractivity contribution < 1.29 is 0 Å². The van der Waals surface area contributed by atoms with Crippen molar-refractivity contribution in [2.45, 2.75) is 6.42 Å². The number of aromatic nitrogens is 1. The SMILES string of the molecule is c1cc(NC2=NCCCS2)c2cccnc2c1. The molecule has 2 aromatic rings. The number of fused-ring (bicyclic) bond motifs is 1. The predicted molar refractivity (Wildman–Crippen MR) is 74.7 cm³/mol. The maximum Gasteiger partial charge on any atom is 0.161 e. The highest BCUT2D eigenvalue weighted by Gasteiger charge is 2.07. The number of benzene rings is 1. The molecule has 3 rings (SSSR count). The molecule has 1 aromatic carbocycles. The first-order chi connectivity index (χ1) is 8.43. The van der Waals surface area contributed by atoms with Gasteiger partial charge in [-0.15, -0.1) is 0 Å². The van der Waals surface area contributed by atoms with Gasteiger partial charge in [0.05, 0.1) is 5.52 Å². The molecule has 1 aromatic heterocycles. The van der Waals surface area contributed by atoms with E-state index in [0.717, 1.165) is 34.1 Å². The summed E-state index contributed by atoms with van der Waals surface area (Å²) in [6, 6.07) is 10.2. The summed E-state index contributed by atoms with van der Waals surface area (Å²) in [6.45, 7) is 0.929. The average Bonchev–Trinajstić information content (AvgIpc) is 2.40. The van der Waals surface area contributed by atoms with Crippen molar-refractivity contribution in [3.8, 4) is 0 Å². The second-order valence-electron chi connectivity index (χ2n) is 3.89. The van der Waals surface area contributed by atoms with Crippen LogP contribution in [0.15, 0.2) is 41.5 Å². The fraction of sp³-hybridized carbons (Fsp3) is 0.231. The lowest BCUT2D eigenvalue weighted by Crippen LogP contribution is -2.13. The topological polar surface area (TPSA) is 37.3 Å². The number of pyridine rings is 1. The third kappa shape index (κ3) is 2.26. The van der Waals surface area contributed by atoms with E-state index in [0.29, 0.717) is 0 Å². The zero-order chi connectivity index (χ0) is 11.5. The van der Waals surface area contributed by atoms with E-state index in [9.17, 15) is 0 Å². The molecule has 0 amide bonds. The number of hydrogen-bond donors (Lipinski definition) is 1. The molecule has 0 saturated carbocycles. The Bertz CT molecular complexity index is 560. The van der Waals surface area contributed by atoms with Gasteiger partial charge in [0.1, 0.15) is 0 Å². The highest BCUT2D eigenvalue weighted by Crippen LogP contribution is 2.23. The van der Waals surface area contributed by atoms with Crippen molar-refractivity contribution in [2.75, 3.05) is 17.6 Å². The quantitative estimate of drug-likeness (QED) is 0.836. The number of aliphatic imine (C=N–C) groups is 1. The molecule has 3 nitrogen and oxygen atoms in total. The Hall–Kier alpha value is -1.55. The highest BCUT2D eigenvalue weighted by molar-refractivity contribution is 8.14. The predicted octanol–water partition coefficient (Wildman–Crippen LogP) is 3.14. The number of thioether (sulfide) groups is 1. The molecule has 0 radical (unpaired) electrons. The molecular formula is C13H13N3S. The number of rotatable bonds is 1. The van der Waals surface area contributed by atoms with E-state index in [-0.39, 0.29) is 0 Å². The molecule has 0 saturated heterocycles. The van der Waals surface area contributed by atoms with E-state index in [4.69, 9.17) is 0 Å². The minimum absolute atomic E-state index is 0.929. The first-order valence-corrected chi connectivity index (χ1v) is 6.70. The molecule has 0 aliphatic carbocycles. The molecular weight excluding hydrogens is 230 g/mol. The summed E-state index contributed by atoms with van der Waals surface area (Å²) >= 11 is 1.79. The maximum atomic E-state index is 4.48. The number of nitrogens with zero attached hydrogens (tertiary/aromatic N) is 2. The zero-order valence-corrected chi connectivity index (χ0v) is 10.2. The molecule has 0 atom stereocenters. The fourth-order valence-corrected chi connectivity index (χ4v) is 2.69. The van der Waals surface area contributed by atoms with Crippen LogP contribution in [0.2, 0.25) is 0 Å². The molecule has 0 unspecified atom stereocenters. The summed E-state index contributed by atoms with van der Waals surface area (Å²) in [7, 11) is 0. The number of hydrogen-bond acceptors (Lipinski definition) is 4. The summed E-state index contributed by atoms with van der Waals surface area (Å²) < 4.78 is 0. The Morgan fingerprint density at radius 1 is 1.18 bits per heavy atom. The van der Waals surface area contributed by atoms with Crippen LogP contribution in [-0.2, 0) is 0 Å². The minimum Gasteiger partial charge on any atom is -0.334 e. The molecule has 1 aliphatic heterocycles. The Balaban J connectivity index is 1.97. The van der Waals surface area contributed by atoms with Gasteiger partial charge in [0.15, 0.2) is 5.17 Å². The summed E-state index contributed by atoms with van der Waals surface area (Å²) in [5.74, 6) is 1.15. The lowest BCUT2D eigenvalue weighted by Gasteiger charge is -2.14. The standard InChI is InChI=1S/C13H13N3S/c1-5-11-10(4-2-7-14-11)12(6-1)16-13-15-8-3-9-17-13/h1-2,4-7H,3,8-9H2,(H,15,16). The second kappa shape index (κ2) is 4.75. The van der Waals surface area contributed by atoms with Crippen molar-refractivity contribution in [2.24, 2.45) is 4.99 Å². The molecule has 2 heterocycles. The van der Waals surface area contributed by atoms with Crippen LogP contribution in [0.4, 0.5) is 5.69 Å². The van der Waals surface area contributed by atoms with Gasteiger partial charge in [-0.25, -0.2) is 0 Å². The Labute approximate surface area is 104 Å². The van der Waals surface area contributed by atoms with Gasteiger partial charge in [0.2, 0.25) is 0 Å². The molecule has 86 valence electrons. The van der Waals surface area contributed by atoms with Crippen LogP contribution in [0.3, 0.4) is 0 Å². The summed E-state index contributed by atoms with van der Waals surface area (Å²) in [6.07, 6.45) is 2.99. The highest BCUT2D eigenvalue weighted by atomic mass is 32.2. The van der Waals surface area contributed by atoms with Gasteiger partial charge in [-0.3, -0.25) is 9.98 Å². The Morgan fingerprint density at radius 2 is 2.18 bits per heavy atom. The summed E-state index contributed by atoms with van der Waals surface area (Å²) in [5.41, 5.74) is 2.10. The van der Waals surface area contributed by atoms with Crippen molar-refractivity contribution in [3.05, 3.63) is 36.5 Å². The largest absolute Gasteiger partial charge is 0.334 e. The normalized spacial score (nSPS) is 15.6. The van der Waals surface area contributed by atoms with Crippen LogP contribution in [0, 0.1) is 0 Å². The van der Waals surface area contributed by atoms with Crippen molar-refractivity contribution >= 4 is 33.5 Å². The van der Waals surface area contributed by atoms with Gasteiger partial charge in [-0.2, -0.15) is 0 Å². The van der Waals surface area contributed by atoms with E-state index in [1.807, 2.05) is 24.4 Å². The maximum absolute atomic E-state index is 4.48. The lowest BCUT2D eigenvalue weighted by molar-refractivity contribution is 0.938. The van der Waals surface area contributed by atoms with Crippen molar-refractivity contribution in [1.82, 2.24) is 4.98 Å². The van der Waals surface area contributed by atoms with Gasteiger partial charge >= 0.3 is 0 Å². The van der Waals surface area contributed by atoms with Crippen LogP contribution < -0.4 is 5.32 Å². The van der Waals surface area contributed by atoms with Crippen molar-refractivity contribution in [1.29, 1.82) is 0 Å². The Kier molecular flexibility index (Phi) is 2.96. The smallest absolute Gasteiger partial charge is 0.161 e. The van der Waals surface area contributed by atoms with E-state index >= 15 is 0 Å². The molecule has 1 N–H and O–H groups in total. The average molecular weight is 243 g/mol. The molecule has 0 bridgehead atoms. The van der Waals surface area contributed by atoms with E-state index in [1.54, 1.807) is 11.8 Å². The fourth-order valence-electron chi connectivity index (χ4n) is 1.86. The van der Waals surface area contributed by atoms with E-state index < -0.39 is 0 Å². The monoisotopic (exact) mass is 243 g/mol. The van der Waals surface area contributed by atoms with Gasteiger partial charge in [0, 0.05) is 29.6 Å². The first-order valence-electron chi connectivity index (χ1n) is 5.71. The Morgan fingerprint density at radius 3 is 3.06 bits per heavy atom. The summed E-state index contributed by atoms with van der Waals surface area (Å²) in [5, 5.41) is 5.56. The van der Waals surface area contributed by atoms with Crippen LogP contribution in [-0.4, -0.2) is 22.4 Å². The van der Waals surface area contributed by atoms with Crippen LogP contribution in [0.25, 0.3) is 10.9 Å². The number of amidine groups is 1. The van der Waals surface area contributed by atoms with Crippen molar-refractivity contribution in [3.63, 3.8) is 0 Å². The third-order valence-electron chi connectivity index (χ3n) is 2.68. The van der Waals surface area contributed by atoms with Gasteiger partial charge in [0.25, 0.3) is 0 Å². The summed E-state index contributed by atoms with van der Waals surface area (Å²) in [4.78, 5) is 8.83. The molecule has 4 heteroatoms. The van der Waals surface area contributed by atoms with Gasteiger partial charge < -0.3 is 5.32 Å². The third-order valence-corrected chi connectivity index (χ3v) is 3.68. The van der Waals surface area contributed by atoms with Gasteiger partial charge in [-0.1, -0.05) is 17.8 Å². The first kappa shape index (κ1) is 10.6. The van der Waals surface area contributed by atoms with Crippen LogP contribution in [0.1, 0.15) is 6.42 Å². The molecule has 0 spiro atoms. The minimum atomic E-state index is 0.929. The number of anilines is 1. The van der Waals surface area contributed by atoms with Gasteiger partial charge in [-0.05, 0) is 30.7 Å². The van der Waals surface area contributed by atoms with Crippen LogP contribution in [0.5, 0.6) is 0 Å². The van der Waals surface area contributed by atoms with Crippen LogP contribution >= 0.6 is 11.8 Å². The molecule has 1 aliphatic rings.